The van der Waals surface area contributed by atoms with E-state index in [-0.39, 0.29) is 0 Å². The molecule has 1 aromatic rings. The normalized spacial score (nSPS) is 10.0. The highest BCUT2D eigenvalue weighted by molar-refractivity contribution is 6.04. The van der Waals surface area contributed by atoms with Crippen LogP contribution in [0.25, 0.3) is 0 Å². The fourth-order valence-corrected chi connectivity index (χ4v) is 3.05. The predicted molar refractivity (Wildman–Crippen MR) is 99.1 cm³/mol. The summed E-state index contributed by atoms with van der Waals surface area (Å²) >= 11 is 0. The van der Waals surface area contributed by atoms with E-state index in [0.29, 0.717) is 42.4 Å². The van der Waals surface area contributed by atoms with E-state index in [0.717, 1.165) is 16.7 Å². The molecule has 4 N–H and O–H groups in total. The van der Waals surface area contributed by atoms with Crippen molar-refractivity contribution < 1.29 is 9.59 Å². The quantitative estimate of drug-likeness (QED) is 0.648. The summed E-state index contributed by atoms with van der Waals surface area (Å²) in [5, 5.41) is 0. The number of rotatable bonds is 10. The topological polar surface area (TPSA) is 86.2 Å². The van der Waals surface area contributed by atoms with Crippen LogP contribution in [0.3, 0.4) is 0 Å². The van der Waals surface area contributed by atoms with Crippen molar-refractivity contribution in [2.45, 2.75) is 25.7 Å². The highest BCUT2D eigenvalue weighted by Gasteiger charge is 2.26. The third-order valence-electron chi connectivity index (χ3n) is 3.82. The molecule has 0 bridgehead atoms. The highest BCUT2D eigenvalue weighted by Crippen LogP contribution is 2.31. The zero-order valence-corrected chi connectivity index (χ0v) is 13.9. The van der Waals surface area contributed by atoms with Gasteiger partial charge in [0.2, 0.25) is 11.8 Å². The lowest BCUT2D eigenvalue weighted by molar-refractivity contribution is 0.0998. The van der Waals surface area contributed by atoms with Crippen LogP contribution in [0.5, 0.6) is 0 Å². The van der Waals surface area contributed by atoms with Crippen LogP contribution in [-0.2, 0) is 25.7 Å². The summed E-state index contributed by atoms with van der Waals surface area (Å²) in [6.07, 6.45) is 8.46. The van der Waals surface area contributed by atoms with E-state index in [9.17, 15) is 9.59 Å². The summed E-state index contributed by atoms with van der Waals surface area (Å²) in [6, 6.07) is 0. The Bertz CT molecular complexity index is 666. The molecule has 0 aliphatic heterocycles. The Hall–Kier alpha value is -2.88. The van der Waals surface area contributed by atoms with Gasteiger partial charge in [-0.25, -0.2) is 0 Å². The fraction of sp³-hybridized carbons (Fsp3) is 0.200. The molecule has 0 saturated carbocycles. The van der Waals surface area contributed by atoms with Crippen molar-refractivity contribution in [3.8, 4) is 0 Å². The summed E-state index contributed by atoms with van der Waals surface area (Å²) in [5.41, 5.74) is 14.8. The number of hydrogen-bond acceptors (Lipinski definition) is 2. The van der Waals surface area contributed by atoms with Crippen molar-refractivity contribution in [2.24, 2.45) is 11.5 Å². The Labute approximate surface area is 143 Å². The number of benzene rings is 1. The lowest BCUT2D eigenvalue weighted by atomic mass is 9.81. The first-order valence-corrected chi connectivity index (χ1v) is 7.67. The maximum atomic E-state index is 12.1. The van der Waals surface area contributed by atoms with Gasteiger partial charge < -0.3 is 11.5 Å². The summed E-state index contributed by atoms with van der Waals surface area (Å²) in [7, 11) is 0. The van der Waals surface area contributed by atoms with Crippen molar-refractivity contribution in [1.82, 2.24) is 0 Å². The van der Waals surface area contributed by atoms with Crippen LogP contribution < -0.4 is 11.5 Å². The molecular weight excluding hydrogens is 300 g/mol. The molecule has 0 radical (unpaired) electrons. The van der Waals surface area contributed by atoms with Crippen molar-refractivity contribution in [3.63, 3.8) is 0 Å². The van der Waals surface area contributed by atoms with Gasteiger partial charge in [-0.05, 0) is 47.9 Å². The van der Waals surface area contributed by atoms with Crippen molar-refractivity contribution in [3.05, 3.63) is 84.0 Å². The monoisotopic (exact) mass is 324 g/mol. The van der Waals surface area contributed by atoms with E-state index >= 15 is 0 Å². The van der Waals surface area contributed by atoms with Gasteiger partial charge in [0.25, 0.3) is 0 Å². The van der Waals surface area contributed by atoms with Gasteiger partial charge in [-0.15, -0.1) is 26.3 Å². The average molecular weight is 324 g/mol. The molecule has 0 unspecified atom stereocenters. The second kappa shape index (κ2) is 8.67. The number of carbonyl (C=O) groups is 2. The Balaban J connectivity index is 4.11. The van der Waals surface area contributed by atoms with Crippen LogP contribution in [-0.4, -0.2) is 11.8 Å². The minimum Gasteiger partial charge on any atom is -0.366 e. The predicted octanol–water partition coefficient (Wildman–Crippen LogP) is 2.80. The van der Waals surface area contributed by atoms with Crippen molar-refractivity contribution >= 4 is 11.8 Å². The molecule has 0 aliphatic rings. The summed E-state index contributed by atoms with van der Waals surface area (Å²) < 4.78 is 0. The van der Waals surface area contributed by atoms with E-state index in [1.165, 1.54) is 0 Å². The minimum absolute atomic E-state index is 0.319. The Morgan fingerprint density at radius 3 is 1.21 bits per heavy atom. The van der Waals surface area contributed by atoms with E-state index in [4.69, 9.17) is 11.5 Å². The molecule has 0 aromatic heterocycles. The highest BCUT2D eigenvalue weighted by atomic mass is 16.1. The number of nitrogens with two attached hydrogens (primary N) is 2. The number of primary amides is 2. The number of carbonyl (C=O) groups excluding carboxylic acids is 2. The first kappa shape index (κ1) is 19.2. The van der Waals surface area contributed by atoms with Gasteiger partial charge in [0.1, 0.15) is 0 Å². The molecule has 24 heavy (non-hydrogen) atoms. The third kappa shape index (κ3) is 3.71. The summed E-state index contributed by atoms with van der Waals surface area (Å²) in [4.78, 5) is 24.3. The second-order valence-electron chi connectivity index (χ2n) is 5.36. The summed E-state index contributed by atoms with van der Waals surface area (Å²) in [5.74, 6) is -1.19. The molecule has 4 nitrogen and oxygen atoms in total. The molecule has 0 atom stereocenters. The van der Waals surface area contributed by atoms with E-state index < -0.39 is 11.8 Å². The largest absolute Gasteiger partial charge is 0.366 e. The molecule has 2 amide bonds. The van der Waals surface area contributed by atoms with E-state index in [1.807, 2.05) is 0 Å². The zero-order valence-electron chi connectivity index (χ0n) is 13.9. The van der Waals surface area contributed by atoms with Crippen molar-refractivity contribution in [1.29, 1.82) is 0 Å². The molecular formula is C20H24N2O2. The molecule has 1 rings (SSSR count). The molecule has 4 heteroatoms. The van der Waals surface area contributed by atoms with Crippen LogP contribution >= 0.6 is 0 Å². The molecule has 0 heterocycles. The Morgan fingerprint density at radius 2 is 0.917 bits per heavy atom. The SMILES string of the molecule is C=CCc1c(CC=C)c(C(N)=O)c(CC=C)c(C(N)=O)c1CC=C. The van der Waals surface area contributed by atoms with Gasteiger partial charge in [-0.2, -0.15) is 0 Å². The zero-order chi connectivity index (χ0) is 18.3. The van der Waals surface area contributed by atoms with Crippen LogP contribution in [0.4, 0.5) is 0 Å². The standard InChI is InChI=1S/C20H24N2O2/c1-5-9-13-14(10-6-2)17(19(21)23)16(12-8-4)18(20(22)24)15(13)11-7-3/h5-8H,1-4,9-12H2,(H2,21,23)(H2,22,24). The Kier molecular flexibility index (Phi) is 6.93. The number of allylic oxidation sites excluding steroid dienone is 4. The summed E-state index contributed by atoms with van der Waals surface area (Å²) in [6.45, 7) is 15.0. The molecule has 126 valence electrons. The molecule has 1 aromatic carbocycles. The third-order valence-corrected chi connectivity index (χ3v) is 3.82. The lowest BCUT2D eigenvalue weighted by Crippen LogP contribution is -2.25. The first-order valence-electron chi connectivity index (χ1n) is 7.67. The number of amides is 2. The van der Waals surface area contributed by atoms with E-state index in [2.05, 4.69) is 26.3 Å². The lowest BCUT2D eigenvalue weighted by Gasteiger charge is -2.23. The van der Waals surface area contributed by atoms with E-state index in [1.54, 1.807) is 24.3 Å². The van der Waals surface area contributed by atoms with Gasteiger partial charge in [0.15, 0.2) is 0 Å². The van der Waals surface area contributed by atoms with Gasteiger partial charge >= 0.3 is 0 Å². The van der Waals surface area contributed by atoms with Gasteiger partial charge in [-0.3, -0.25) is 9.59 Å². The van der Waals surface area contributed by atoms with Gasteiger partial charge in [0, 0.05) is 11.1 Å². The van der Waals surface area contributed by atoms with Crippen LogP contribution in [0.1, 0.15) is 43.0 Å². The molecule has 0 aliphatic carbocycles. The first-order chi connectivity index (χ1) is 11.4. The smallest absolute Gasteiger partial charge is 0.249 e. The van der Waals surface area contributed by atoms with Crippen LogP contribution in [0.2, 0.25) is 0 Å². The molecule has 0 spiro atoms. The second-order valence-corrected chi connectivity index (χ2v) is 5.36. The fourth-order valence-electron chi connectivity index (χ4n) is 3.05. The Morgan fingerprint density at radius 1 is 0.625 bits per heavy atom. The molecule has 0 saturated heterocycles. The van der Waals surface area contributed by atoms with Crippen LogP contribution in [0.15, 0.2) is 50.6 Å². The van der Waals surface area contributed by atoms with Crippen molar-refractivity contribution in [2.75, 3.05) is 0 Å². The average Bonchev–Trinajstić information content (AvgIpc) is 2.50. The van der Waals surface area contributed by atoms with Gasteiger partial charge in [0.05, 0.1) is 0 Å². The molecule has 0 fully saturated rings. The number of hydrogen-bond donors (Lipinski definition) is 2. The maximum absolute atomic E-state index is 12.1. The van der Waals surface area contributed by atoms with Gasteiger partial charge in [-0.1, -0.05) is 24.3 Å². The maximum Gasteiger partial charge on any atom is 0.249 e. The van der Waals surface area contributed by atoms with Crippen LogP contribution in [0, 0.1) is 0 Å². The minimum atomic E-state index is -0.596.